The molecule has 0 N–H and O–H groups in total. The average molecular weight is 368 g/mol. The Hall–Kier alpha value is -2.43. The van der Waals surface area contributed by atoms with E-state index >= 15 is 0 Å². The summed E-state index contributed by atoms with van der Waals surface area (Å²) in [4.78, 5) is 20.9. The molecule has 0 radical (unpaired) electrons. The molecule has 1 aliphatic rings. The van der Waals surface area contributed by atoms with Gasteiger partial charge in [0.1, 0.15) is 5.75 Å². The van der Waals surface area contributed by atoms with Crippen molar-refractivity contribution < 1.29 is 14.3 Å². The second-order valence-corrected chi connectivity index (χ2v) is 7.14. The van der Waals surface area contributed by atoms with E-state index in [0.29, 0.717) is 12.4 Å². The molecular weight excluding hydrogens is 340 g/mol. The van der Waals surface area contributed by atoms with Crippen LogP contribution in [-0.2, 0) is 17.6 Å². The minimum absolute atomic E-state index is 0.360. The molecular formula is C22H28N2O3. The third-order valence-electron chi connectivity index (χ3n) is 4.96. The molecule has 2 aromatic rings. The lowest BCUT2D eigenvalue weighted by molar-refractivity contribution is 0.0992. The first kappa shape index (κ1) is 19.3. The number of hydrogen-bond acceptors (Lipinski definition) is 5. The predicted octanol–water partition coefficient (Wildman–Crippen LogP) is 5.36. The van der Waals surface area contributed by atoms with Crippen LogP contribution in [0.25, 0.3) is 11.4 Å². The monoisotopic (exact) mass is 368 g/mol. The topological polar surface area (TPSA) is 61.3 Å². The van der Waals surface area contributed by atoms with Gasteiger partial charge in [-0.15, -0.1) is 0 Å². The maximum Gasteiger partial charge on any atom is 0.513 e. The van der Waals surface area contributed by atoms with Gasteiger partial charge in [0.05, 0.1) is 6.61 Å². The number of nitrogens with zero attached hydrogens (tertiary/aromatic N) is 2. The third-order valence-corrected chi connectivity index (χ3v) is 4.96. The number of aromatic nitrogens is 2. The summed E-state index contributed by atoms with van der Waals surface area (Å²) in [5.74, 6) is 1.95. The predicted molar refractivity (Wildman–Crippen MR) is 105 cm³/mol. The molecule has 5 heteroatoms. The van der Waals surface area contributed by atoms with Crippen molar-refractivity contribution >= 4 is 6.16 Å². The van der Waals surface area contributed by atoms with Gasteiger partial charge in [0.2, 0.25) is 0 Å². The summed E-state index contributed by atoms with van der Waals surface area (Å²) in [5, 5.41) is 0. The highest BCUT2D eigenvalue weighted by Crippen LogP contribution is 2.29. The van der Waals surface area contributed by atoms with Crippen LogP contribution in [-0.4, -0.2) is 22.7 Å². The van der Waals surface area contributed by atoms with Crippen molar-refractivity contribution in [2.75, 3.05) is 6.61 Å². The van der Waals surface area contributed by atoms with E-state index < -0.39 is 6.16 Å². The minimum Gasteiger partial charge on any atom is -0.434 e. The zero-order valence-electron chi connectivity index (χ0n) is 16.2. The van der Waals surface area contributed by atoms with Crippen LogP contribution in [0, 0.1) is 5.92 Å². The molecule has 0 fully saturated rings. The van der Waals surface area contributed by atoms with Gasteiger partial charge in [-0.1, -0.05) is 33.1 Å². The van der Waals surface area contributed by atoms with Gasteiger partial charge in [-0.25, -0.2) is 14.8 Å². The number of aryl methyl sites for hydroxylation is 1. The number of carbonyl (C=O) groups excluding carboxylic acids is 1. The molecule has 1 heterocycles. The highest BCUT2D eigenvalue weighted by Gasteiger charge is 2.20. The molecule has 1 unspecified atom stereocenters. The standard InChI is InChI=1S/C22H28N2O3/c1-3-5-6-16-7-12-20-18(14-16)15-23-21(24-20)17-8-10-19(11-9-17)27-22(25)26-13-4-2/h8-11,15-16H,3-7,12-14H2,1-2H3. The maximum atomic E-state index is 11.5. The van der Waals surface area contributed by atoms with Crippen LogP contribution in [0.1, 0.15) is 57.2 Å². The number of rotatable bonds is 7. The van der Waals surface area contributed by atoms with E-state index in [1.807, 2.05) is 25.3 Å². The number of unbranched alkanes of at least 4 members (excludes halogenated alkanes) is 1. The van der Waals surface area contributed by atoms with Crippen LogP contribution in [0.15, 0.2) is 30.5 Å². The zero-order valence-corrected chi connectivity index (χ0v) is 16.2. The molecule has 0 spiro atoms. The molecule has 0 aliphatic heterocycles. The van der Waals surface area contributed by atoms with E-state index in [9.17, 15) is 4.79 Å². The molecule has 5 nitrogen and oxygen atoms in total. The van der Waals surface area contributed by atoms with Gasteiger partial charge in [0, 0.05) is 17.5 Å². The van der Waals surface area contributed by atoms with E-state index in [1.54, 1.807) is 12.1 Å². The number of ether oxygens (including phenoxy) is 2. The van der Waals surface area contributed by atoms with Crippen LogP contribution in [0.3, 0.4) is 0 Å². The van der Waals surface area contributed by atoms with E-state index in [2.05, 4.69) is 11.9 Å². The summed E-state index contributed by atoms with van der Waals surface area (Å²) in [7, 11) is 0. The van der Waals surface area contributed by atoms with E-state index in [-0.39, 0.29) is 0 Å². The molecule has 0 saturated carbocycles. The van der Waals surface area contributed by atoms with Gasteiger partial charge in [-0.05, 0) is 61.4 Å². The van der Waals surface area contributed by atoms with E-state index in [4.69, 9.17) is 14.5 Å². The Labute approximate surface area is 161 Å². The number of carbonyl (C=O) groups is 1. The summed E-state index contributed by atoms with van der Waals surface area (Å²) >= 11 is 0. The van der Waals surface area contributed by atoms with Crippen LogP contribution in [0.5, 0.6) is 5.75 Å². The molecule has 0 bridgehead atoms. The summed E-state index contributed by atoms with van der Waals surface area (Å²) in [6, 6.07) is 7.23. The van der Waals surface area contributed by atoms with Crippen molar-refractivity contribution in [3.63, 3.8) is 0 Å². The summed E-state index contributed by atoms with van der Waals surface area (Å²) in [5.41, 5.74) is 3.39. The van der Waals surface area contributed by atoms with Gasteiger partial charge < -0.3 is 9.47 Å². The van der Waals surface area contributed by atoms with Crippen molar-refractivity contribution in [2.45, 2.75) is 58.8 Å². The maximum absolute atomic E-state index is 11.5. The first-order chi connectivity index (χ1) is 13.2. The number of fused-ring (bicyclic) bond motifs is 1. The number of hydrogen-bond donors (Lipinski definition) is 0. The fraction of sp³-hybridized carbons (Fsp3) is 0.500. The highest BCUT2D eigenvalue weighted by molar-refractivity contribution is 5.65. The SMILES string of the molecule is CCCCC1CCc2nc(-c3ccc(OC(=O)OCCC)cc3)ncc2C1. The molecule has 1 aromatic carbocycles. The van der Waals surface area contributed by atoms with Crippen LogP contribution in [0.2, 0.25) is 0 Å². The Bertz CT molecular complexity index is 759. The quantitative estimate of drug-likeness (QED) is 0.486. The van der Waals surface area contributed by atoms with Crippen molar-refractivity contribution in [1.82, 2.24) is 9.97 Å². The van der Waals surface area contributed by atoms with Gasteiger partial charge in [-0.2, -0.15) is 0 Å². The fourth-order valence-corrected chi connectivity index (χ4v) is 3.44. The van der Waals surface area contributed by atoms with E-state index in [0.717, 1.165) is 36.6 Å². The van der Waals surface area contributed by atoms with Crippen molar-refractivity contribution in [3.05, 3.63) is 41.7 Å². The molecule has 27 heavy (non-hydrogen) atoms. The number of benzene rings is 1. The smallest absolute Gasteiger partial charge is 0.434 e. The zero-order chi connectivity index (χ0) is 19.1. The minimum atomic E-state index is -0.674. The molecule has 1 atom stereocenters. The Morgan fingerprint density at radius 2 is 2.00 bits per heavy atom. The Morgan fingerprint density at radius 1 is 1.19 bits per heavy atom. The molecule has 3 rings (SSSR count). The van der Waals surface area contributed by atoms with Gasteiger partial charge in [0.15, 0.2) is 5.82 Å². The van der Waals surface area contributed by atoms with Crippen molar-refractivity contribution in [3.8, 4) is 17.1 Å². The lowest BCUT2D eigenvalue weighted by Crippen LogP contribution is -2.16. The summed E-state index contributed by atoms with van der Waals surface area (Å²) in [6.07, 6.45) is 9.30. The molecule has 1 aliphatic carbocycles. The van der Waals surface area contributed by atoms with Crippen LogP contribution < -0.4 is 4.74 Å². The molecule has 0 amide bonds. The second-order valence-electron chi connectivity index (χ2n) is 7.14. The van der Waals surface area contributed by atoms with Crippen LogP contribution in [0.4, 0.5) is 4.79 Å². The molecule has 144 valence electrons. The third kappa shape index (κ3) is 5.28. The molecule has 1 aromatic heterocycles. The van der Waals surface area contributed by atoms with Crippen molar-refractivity contribution in [1.29, 1.82) is 0 Å². The highest BCUT2D eigenvalue weighted by atomic mass is 16.7. The van der Waals surface area contributed by atoms with E-state index in [1.165, 1.54) is 36.9 Å². The first-order valence-electron chi connectivity index (χ1n) is 9.99. The second kappa shape index (κ2) is 9.49. The lowest BCUT2D eigenvalue weighted by Gasteiger charge is -2.23. The Morgan fingerprint density at radius 3 is 2.74 bits per heavy atom. The normalized spacial score (nSPS) is 15.9. The average Bonchev–Trinajstić information content (AvgIpc) is 2.70. The summed E-state index contributed by atoms with van der Waals surface area (Å²) < 4.78 is 10.1. The van der Waals surface area contributed by atoms with Crippen molar-refractivity contribution in [2.24, 2.45) is 5.92 Å². The van der Waals surface area contributed by atoms with Gasteiger partial charge >= 0.3 is 6.16 Å². The lowest BCUT2D eigenvalue weighted by atomic mass is 9.84. The Balaban J connectivity index is 1.64. The summed E-state index contributed by atoms with van der Waals surface area (Å²) in [6.45, 7) is 4.54. The first-order valence-corrected chi connectivity index (χ1v) is 9.99. The van der Waals surface area contributed by atoms with Gasteiger partial charge in [0.25, 0.3) is 0 Å². The largest absolute Gasteiger partial charge is 0.513 e. The van der Waals surface area contributed by atoms with Gasteiger partial charge in [-0.3, -0.25) is 0 Å². The van der Waals surface area contributed by atoms with Crippen LogP contribution >= 0.6 is 0 Å². The fourth-order valence-electron chi connectivity index (χ4n) is 3.44. The molecule has 0 saturated heterocycles. The Kier molecular flexibility index (Phi) is 6.80.